The molecule has 1 heterocycles. The van der Waals surface area contributed by atoms with Crippen LogP contribution in [0.1, 0.15) is 46.2 Å². The van der Waals surface area contributed by atoms with Crippen LogP contribution in [0.3, 0.4) is 0 Å². The lowest BCUT2D eigenvalue weighted by atomic mass is 10.0. The predicted octanol–water partition coefficient (Wildman–Crippen LogP) is 2.87. The molecule has 1 saturated heterocycles. The van der Waals surface area contributed by atoms with Crippen molar-refractivity contribution in [2.75, 3.05) is 18.0 Å². The summed E-state index contributed by atoms with van der Waals surface area (Å²) in [6.45, 7) is 8.10. The quantitative estimate of drug-likeness (QED) is 0.427. The van der Waals surface area contributed by atoms with E-state index < -0.39 is 18.2 Å². The van der Waals surface area contributed by atoms with Crippen molar-refractivity contribution in [2.45, 2.75) is 53.9 Å². The summed E-state index contributed by atoms with van der Waals surface area (Å²) in [7, 11) is 0. The van der Waals surface area contributed by atoms with E-state index in [1.807, 2.05) is 27.7 Å². The molecule has 0 spiro atoms. The summed E-state index contributed by atoms with van der Waals surface area (Å²) >= 11 is 4.86. The highest BCUT2D eigenvalue weighted by molar-refractivity contribution is 7.80. The number of anilines is 1. The van der Waals surface area contributed by atoms with Gasteiger partial charge in [-0.1, -0.05) is 33.5 Å². The number of nitrogens with zero attached hydrogens (tertiary/aromatic N) is 1. The molecule has 144 valence electrons. The number of hydrazine groups is 1. The zero-order valence-electron chi connectivity index (χ0n) is 14.4. The Morgan fingerprint density at radius 1 is 1.32 bits per heavy atom. The van der Waals surface area contributed by atoms with Gasteiger partial charge in [0.05, 0.1) is 24.5 Å². The number of hydrogen-bond donors (Lipinski definition) is 3. The molecule has 1 aromatic carbocycles. The van der Waals surface area contributed by atoms with Gasteiger partial charge < -0.3 is 20.2 Å². The summed E-state index contributed by atoms with van der Waals surface area (Å²) in [5.74, 6) is 3.04. The largest absolute Gasteiger partial charge is 0.392 e. The van der Waals surface area contributed by atoms with Gasteiger partial charge in [-0.2, -0.15) is 0 Å². The first-order valence-corrected chi connectivity index (χ1v) is 8.32. The van der Waals surface area contributed by atoms with Crippen molar-refractivity contribution < 1.29 is 18.6 Å². The third kappa shape index (κ3) is 5.31. The number of rotatable bonds is 3. The van der Waals surface area contributed by atoms with Crippen molar-refractivity contribution in [2.24, 2.45) is 5.84 Å². The van der Waals surface area contributed by atoms with Crippen LogP contribution >= 0.6 is 12.2 Å². The Balaban J connectivity index is 0.00000185. The van der Waals surface area contributed by atoms with E-state index in [1.165, 1.54) is 6.07 Å². The molecule has 4 N–H and O–H groups in total. The van der Waals surface area contributed by atoms with Crippen LogP contribution in [0.15, 0.2) is 6.07 Å². The van der Waals surface area contributed by atoms with E-state index >= 15 is 0 Å². The number of hydrogen-bond acceptors (Lipinski definition) is 5. The Morgan fingerprint density at radius 2 is 1.84 bits per heavy atom. The molecule has 0 aliphatic carbocycles. The third-order valence-corrected chi connectivity index (χ3v) is 3.88. The van der Waals surface area contributed by atoms with Gasteiger partial charge in [-0.3, -0.25) is 0 Å². The van der Waals surface area contributed by atoms with Gasteiger partial charge >= 0.3 is 0 Å². The minimum Gasteiger partial charge on any atom is -0.392 e. The smallest absolute Gasteiger partial charge is 0.183 e. The van der Waals surface area contributed by atoms with Crippen molar-refractivity contribution in [3.05, 3.63) is 28.8 Å². The molecule has 0 saturated carbocycles. The molecular weight excluding hydrogens is 348 g/mol. The highest BCUT2D eigenvalue weighted by atomic mass is 32.1. The van der Waals surface area contributed by atoms with Gasteiger partial charge in [-0.25, -0.2) is 14.6 Å². The normalized spacial score (nSPS) is 19.4. The number of aliphatic hydroxyl groups excluding tert-OH is 1. The Kier molecular flexibility index (Phi) is 10.0. The Morgan fingerprint density at radius 3 is 2.28 bits per heavy atom. The third-order valence-electron chi connectivity index (χ3n) is 3.54. The van der Waals surface area contributed by atoms with Crippen molar-refractivity contribution >= 4 is 22.9 Å². The maximum Gasteiger partial charge on any atom is 0.183 e. The fraction of sp³-hybridized carbons (Fsp3) is 0.588. The van der Waals surface area contributed by atoms with Crippen LogP contribution in [0.4, 0.5) is 14.5 Å². The van der Waals surface area contributed by atoms with E-state index in [1.54, 1.807) is 4.90 Å². The molecule has 0 radical (unpaired) electrons. The topological polar surface area (TPSA) is 70.8 Å². The van der Waals surface area contributed by atoms with Crippen molar-refractivity contribution in [1.82, 2.24) is 5.43 Å². The zero-order valence-corrected chi connectivity index (χ0v) is 15.2. The maximum absolute atomic E-state index is 14.5. The molecule has 1 fully saturated rings. The monoisotopic (exact) mass is 377 g/mol. The second-order valence-electron chi connectivity index (χ2n) is 5.35. The standard InChI is InChI=1S/C14H19F2N3O2S.C2H6.CH4/c1-7-4-19(5-8(2)21-7)13-9(6-20)3-10(14(22)18-17)11(15)12(13)16;1-2;/h3,7-8,20H,4-6,17H2,1-2H3,(H,18,22);1-2H3;1H4/t7-,8+;;. The predicted molar refractivity (Wildman–Crippen MR) is 102 cm³/mol. The summed E-state index contributed by atoms with van der Waals surface area (Å²) in [5, 5.41) is 9.53. The van der Waals surface area contributed by atoms with Crippen LogP contribution in [0.25, 0.3) is 0 Å². The molecule has 25 heavy (non-hydrogen) atoms. The Labute approximate surface area is 154 Å². The fourth-order valence-corrected chi connectivity index (χ4v) is 2.88. The van der Waals surface area contributed by atoms with Gasteiger partial charge in [-0.05, 0) is 19.9 Å². The van der Waals surface area contributed by atoms with Crippen LogP contribution in [-0.2, 0) is 11.3 Å². The summed E-state index contributed by atoms with van der Waals surface area (Å²) in [4.78, 5) is 1.56. The number of morpholine rings is 1. The number of ether oxygens (including phenoxy) is 1. The average molecular weight is 378 g/mol. The van der Waals surface area contributed by atoms with Crippen molar-refractivity contribution in [3.63, 3.8) is 0 Å². The summed E-state index contributed by atoms with van der Waals surface area (Å²) in [6, 6.07) is 1.32. The summed E-state index contributed by atoms with van der Waals surface area (Å²) < 4.78 is 34.4. The highest BCUT2D eigenvalue weighted by Crippen LogP contribution is 2.31. The van der Waals surface area contributed by atoms with Gasteiger partial charge in [0.15, 0.2) is 11.6 Å². The maximum atomic E-state index is 14.5. The van der Waals surface area contributed by atoms with Crippen LogP contribution < -0.4 is 16.2 Å². The number of halogens is 2. The first kappa shape index (κ1) is 23.6. The SMILES string of the molecule is C.CC.C[C@@H]1CN(c2c(CO)cc(C(=S)NN)c(F)c2F)C[C@H](C)O1. The number of nitrogens with two attached hydrogens (primary N) is 1. The molecule has 0 bridgehead atoms. The molecule has 5 nitrogen and oxygen atoms in total. The molecule has 0 aromatic heterocycles. The van der Waals surface area contributed by atoms with Gasteiger partial charge in [-0.15, -0.1) is 0 Å². The van der Waals surface area contributed by atoms with E-state index in [4.69, 9.17) is 22.8 Å². The number of aliphatic hydroxyl groups is 1. The highest BCUT2D eigenvalue weighted by Gasteiger charge is 2.29. The second kappa shape index (κ2) is 10.6. The van der Waals surface area contributed by atoms with E-state index in [9.17, 15) is 13.9 Å². The van der Waals surface area contributed by atoms with E-state index in [0.29, 0.717) is 13.1 Å². The molecular formula is C17H29F2N3O2S. The van der Waals surface area contributed by atoms with Gasteiger partial charge in [0, 0.05) is 24.2 Å². The van der Waals surface area contributed by atoms with E-state index in [2.05, 4.69) is 5.43 Å². The summed E-state index contributed by atoms with van der Waals surface area (Å²) in [6.07, 6.45) is -0.242. The number of thiocarbonyl (C=S) groups is 1. The van der Waals surface area contributed by atoms with Crippen LogP contribution in [0, 0.1) is 11.6 Å². The molecule has 1 aliphatic heterocycles. The first-order chi connectivity index (χ1) is 11.4. The number of nitrogens with one attached hydrogen (secondary N) is 1. The Hall–Kier alpha value is -1.35. The molecule has 1 aliphatic rings. The molecule has 8 heteroatoms. The van der Waals surface area contributed by atoms with Gasteiger partial charge in [0.1, 0.15) is 4.99 Å². The van der Waals surface area contributed by atoms with Crippen molar-refractivity contribution in [3.8, 4) is 0 Å². The Bertz CT molecular complexity index is 578. The molecule has 2 rings (SSSR count). The van der Waals surface area contributed by atoms with Gasteiger partial charge in [0.25, 0.3) is 0 Å². The molecule has 0 unspecified atom stereocenters. The fourth-order valence-electron chi connectivity index (χ4n) is 2.73. The molecule has 1 aromatic rings. The lowest BCUT2D eigenvalue weighted by molar-refractivity contribution is -0.00554. The van der Waals surface area contributed by atoms with Crippen LogP contribution in [0.2, 0.25) is 0 Å². The second-order valence-corrected chi connectivity index (χ2v) is 5.76. The molecule has 0 amide bonds. The lowest BCUT2D eigenvalue weighted by Crippen LogP contribution is -2.46. The van der Waals surface area contributed by atoms with Crippen LogP contribution in [0.5, 0.6) is 0 Å². The summed E-state index contributed by atoms with van der Waals surface area (Å²) in [5.41, 5.74) is 2.26. The number of benzene rings is 1. The molecule has 2 atom stereocenters. The van der Waals surface area contributed by atoms with Crippen LogP contribution in [-0.4, -0.2) is 35.4 Å². The average Bonchev–Trinajstić information content (AvgIpc) is 2.57. The van der Waals surface area contributed by atoms with Crippen molar-refractivity contribution in [1.29, 1.82) is 0 Å². The van der Waals surface area contributed by atoms with E-state index in [0.717, 1.165) is 0 Å². The lowest BCUT2D eigenvalue weighted by Gasteiger charge is -2.38. The minimum atomic E-state index is -1.08. The van der Waals surface area contributed by atoms with E-state index in [-0.39, 0.29) is 41.4 Å². The van der Waals surface area contributed by atoms with Gasteiger partial charge in [0.2, 0.25) is 0 Å². The minimum absolute atomic E-state index is 0. The first-order valence-electron chi connectivity index (χ1n) is 7.92. The zero-order chi connectivity index (χ0) is 18.4.